The third kappa shape index (κ3) is 4.04. The molecule has 0 bridgehead atoms. The first-order chi connectivity index (χ1) is 9.74. The average molecular weight is 310 g/mol. The van der Waals surface area contributed by atoms with Gasteiger partial charge >= 0.3 is 0 Å². The molecule has 0 saturated carbocycles. The summed E-state index contributed by atoms with van der Waals surface area (Å²) >= 11 is 3.62. The van der Waals surface area contributed by atoms with Crippen molar-refractivity contribution in [3.05, 3.63) is 33.0 Å². The Kier molecular flexibility index (Phi) is 6.01. The molecule has 0 spiro atoms. The maximum atomic E-state index is 4.80. The van der Waals surface area contributed by atoms with E-state index >= 15 is 0 Å². The predicted molar refractivity (Wildman–Crippen MR) is 89.9 cm³/mol. The topological polar surface area (TPSA) is 28.2 Å². The number of aryl methyl sites for hydroxylation is 1. The third-order valence-electron chi connectivity index (χ3n) is 3.11. The Morgan fingerprint density at radius 2 is 2.20 bits per heavy atom. The van der Waals surface area contributed by atoms with Gasteiger partial charge in [0.2, 0.25) is 0 Å². The molecular weight excluding hydrogens is 286 g/mol. The second-order valence-corrected chi connectivity index (χ2v) is 6.93. The molecule has 5 heteroatoms. The van der Waals surface area contributed by atoms with E-state index < -0.39 is 0 Å². The van der Waals surface area contributed by atoms with E-state index in [-0.39, 0.29) is 0 Å². The van der Waals surface area contributed by atoms with Gasteiger partial charge in [0.05, 0.1) is 12.2 Å². The lowest BCUT2D eigenvalue weighted by molar-refractivity contribution is 0.676. The highest BCUT2D eigenvalue weighted by Crippen LogP contribution is 2.27. The maximum Gasteiger partial charge on any atom is 0.185 e. The number of nitrogens with one attached hydrogen (secondary N) is 1. The summed E-state index contributed by atoms with van der Waals surface area (Å²) in [6.07, 6.45) is 2.18. The molecule has 2 aromatic rings. The Morgan fingerprint density at radius 3 is 2.85 bits per heavy atom. The summed E-state index contributed by atoms with van der Waals surface area (Å²) in [5, 5.41) is 6.73. The molecule has 0 aliphatic heterocycles. The second kappa shape index (κ2) is 7.76. The fraction of sp³-hybridized carbons (Fsp3) is 0.533. The van der Waals surface area contributed by atoms with Crippen LogP contribution in [0.2, 0.25) is 0 Å². The number of hydrogen-bond donors (Lipinski definition) is 1. The highest BCUT2D eigenvalue weighted by Gasteiger charge is 2.13. The van der Waals surface area contributed by atoms with Crippen LogP contribution in [-0.2, 0) is 19.5 Å². The molecule has 0 fully saturated rings. The van der Waals surface area contributed by atoms with Gasteiger partial charge in [0.15, 0.2) is 5.13 Å². The molecule has 0 aliphatic rings. The van der Waals surface area contributed by atoms with Crippen LogP contribution in [0.25, 0.3) is 0 Å². The Bertz CT molecular complexity index is 505. The highest BCUT2D eigenvalue weighted by atomic mass is 32.1. The monoisotopic (exact) mass is 309 g/mol. The van der Waals surface area contributed by atoms with Crippen molar-refractivity contribution in [1.82, 2.24) is 10.3 Å². The van der Waals surface area contributed by atoms with E-state index in [1.807, 2.05) is 11.3 Å². The minimum Gasteiger partial charge on any atom is -0.346 e. The van der Waals surface area contributed by atoms with E-state index in [0.717, 1.165) is 31.2 Å². The largest absolute Gasteiger partial charge is 0.346 e. The van der Waals surface area contributed by atoms with E-state index in [1.165, 1.54) is 21.9 Å². The maximum absolute atomic E-state index is 4.80. The Balaban J connectivity index is 2.03. The molecule has 0 saturated heterocycles. The fourth-order valence-electron chi connectivity index (χ4n) is 2.03. The predicted octanol–water partition coefficient (Wildman–Crippen LogP) is 3.90. The summed E-state index contributed by atoms with van der Waals surface area (Å²) in [7, 11) is 2.13. The van der Waals surface area contributed by atoms with E-state index in [4.69, 9.17) is 4.98 Å². The summed E-state index contributed by atoms with van der Waals surface area (Å²) < 4.78 is 0. The van der Waals surface area contributed by atoms with Crippen LogP contribution >= 0.6 is 22.7 Å². The van der Waals surface area contributed by atoms with Crippen molar-refractivity contribution in [2.45, 2.75) is 39.8 Å². The average Bonchev–Trinajstić information content (AvgIpc) is 3.08. The Morgan fingerprint density at radius 1 is 1.35 bits per heavy atom. The van der Waals surface area contributed by atoms with Crippen LogP contribution in [-0.4, -0.2) is 18.6 Å². The summed E-state index contributed by atoms with van der Waals surface area (Å²) in [6, 6.07) is 4.28. The molecule has 20 heavy (non-hydrogen) atoms. The van der Waals surface area contributed by atoms with Crippen LogP contribution in [0.1, 0.15) is 35.7 Å². The van der Waals surface area contributed by atoms with Gasteiger partial charge in [-0.3, -0.25) is 0 Å². The van der Waals surface area contributed by atoms with Gasteiger partial charge in [-0.15, -0.1) is 22.7 Å². The lowest BCUT2D eigenvalue weighted by atomic mass is 10.3. The zero-order valence-corrected chi connectivity index (χ0v) is 14.1. The van der Waals surface area contributed by atoms with Crippen LogP contribution in [0.15, 0.2) is 17.5 Å². The van der Waals surface area contributed by atoms with Gasteiger partial charge in [-0.05, 0) is 30.8 Å². The van der Waals surface area contributed by atoms with Gasteiger partial charge < -0.3 is 10.2 Å². The smallest absolute Gasteiger partial charge is 0.185 e. The summed E-state index contributed by atoms with van der Waals surface area (Å²) in [5.74, 6) is 0. The normalized spacial score (nSPS) is 10.9. The first-order valence-corrected chi connectivity index (χ1v) is 8.87. The molecule has 2 rings (SSSR count). The van der Waals surface area contributed by atoms with Gasteiger partial charge in [0, 0.05) is 23.3 Å². The molecule has 0 unspecified atom stereocenters. The number of rotatable bonds is 8. The third-order valence-corrected chi connectivity index (χ3v) is 5.19. The molecule has 3 nitrogen and oxygen atoms in total. The van der Waals surface area contributed by atoms with Crippen molar-refractivity contribution in [1.29, 1.82) is 0 Å². The Labute approximate surface area is 129 Å². The van der Waals surface area contributed by atoms with Crippen LogP contribution in [0.4, 0.5) is 5.13 Å². The van der Waals surface area contributed by atoms with Gasteiger partial charge in [0.25, 0.3) is 0 Å². The lowest BCUT2D eigenvalue weighted by Crippen LogP contribution is -2.15. The summed E-state index contributed by atoms with van der Waals surface area (Å²) in [6.45, 7) is 7.33. The quantitative estimate of drug-likeness (QED) is 0.750. The lowest BCUT2D eigenvalue weighted by Gasteiger charge is -2.14. The van der Waals surface area contributed by atoms with E-state index in [1.54, 1.807) is 11.3 Å². The standard InChI is InChI=1S/C15H23N3S2/c1-4-8-16-10-14-13(5-2)17-15(20-14)18(3)11-12-7-6-9-19-12/h6-7,9,16H,4-5,8,10-11H2,1-3H3. The number of hydrogen-bond acceptors (Lipinski definition) is 5. The molecule has 0 aliphatic carbocycles. The number of anilines is 1. The molecule has 0 atom stereocenters. The molecule has 110 valence electrons. The highest BCUT2D eigenvalue weighted by molar-refractivity contribution is 7.15. The van der Waals surface area contributed by atoms with Crippen molar-refractivity contribution in [2.24, 2.45) is 0 Å². The van der Waals surface area contributed by atoms with Gasteiger partial charge in [-0.25, -0.2) is 4.98 Å². The first-order valence-electron chi connectivity index (χ1n) is 7.17. The number of nitrogens with zero attached hydrogens (tertiary/aromatic N) is 2. The summed E-state index contributed by atoms with van der Waals surface area (Å²) in [4.78, 5) is 9.81. The SMILES string of the molecule is CCCNCc1sc(N(C)Cc2cccs2)nc1CC. The minimum atomic E-state index is 0.941. The zero-order chi connectivity index (χ0) is 14.4. The molecule has 2 aromatic heterocycles. The molecule has 1 N–H and O–H groups in total. The number of thiophene rings is 1. The van der Waals surface area contributed by atoms with Crippen molar-refractivity contribution in [3.63, 3.8) is 0 Å². The molecule has 0 radical (unpaired) electrons. The Hall–Kier alpha value is -0.910. The van der Waals surface area contributed by atoms with Crippen molar-refractivity contribution < 1.29 is 0 Å². The minimum absolute atomic E-state index is 0.941. The van der Waals surface area contributed by atoms with Gasteiger partial charge in [0.1, 0.15) is 0 Å². The van der Waals surface area contributed by atoms with E-state index in [0.29, 0.717) is 0 Å². The van der Waals surface area contributed by atoms with Crippen molar-refractivity contribution in [3.8, 4) is 0 Å². The van der Waals surface area contributed by atoms with Crippen LogP contribution in [0, 0.1) is 0 Å². The molecule has 2 heterocycles. The molecular formula is C15H23N3S2. The second-order valence-electron chi connectivity index (χ2n) is 4.83. The van der Waals surface area contributed by atoms with Crippen LogP contribution in [0.3, 0.4) is 0 Å². The number of thiazole rings is 1. The van der Waals surface area contributed by atoms with Gasteiger partial charge in [-0.2, -0.15) is 0 Å². The van der Waals surface area contributed by atoms with Crippen LogP contribution < -0.4 is 10.2 Å². The zero-order valence-electron chi connectivity index (χ0n) is 12.5. The van der Waals surface area contributed by atoms with E-state index in [2.05, 4.69) is 48.6 Å². The molecule has 0 aromatic carbocycles. The van der Waals surface area contributed by atoms with Gasteiger partial charge in [-0.1, -0.05) is 19.9 Å². The van der Waals surface area contributed by atoms with E-state index in [9.17, 15) is 0 Å². The molecule has 0 amide bonds. The van der Waals surface area contributed by atoms with Crippen molar-refractivity contribution >= 4 is 27.8 Å². The number of aromatic nitrogens is 1. The fourth-order valence-corrected chi connectivity index (χ4v) is 3.87. The van der Waals surface area contributed by atoms with Crippen molar-refractivity contribution in [2.75, 3.05) is 18.5 Å². The van der Waals surface area contributed by atoms with Crippen LogP contribution in [0.5, 0.6) is 0 Å². The first kappa shape index (κ1) is 15.5. The summed E-state index contributed by atoms with van der Waals surface area (Å²) in [5.41, 5.74) is 1.24.